The molecule has 2 rings (SSSR count). The Hall–Kier alpha value is -3.25. The van der Waals surface area contributed by atoms with Gasteiger partial charge in [-0.2, -0.15) is 8.42 Å². The van der Waals surface area contributed by atoms with Crippen molar-refractivity contribution in [1.29, 1.82) is 0 Å². The Kier molecular flexibility index (Phi) is 7.66. The van der Waals surface area contributed by atoms with Crippen LogP contribution >= 0.6 is 12.2 Å². The molecule has 0 atom stereocenters. The molecule has 0 fully saturated rings. The molecule has 0 spiro atoms. The number of aryl methyl sites for hydroxylation is 1. The molecule has 0 saturated heterocycles. The maximum absolute atomic E-state index is 12.4. The van der Waals surface area contributed by atoms with E-state index in [1.54, 1.807) is 18.2 Å². The van der Waals surface area contributed by atoms with Crippen LogP contribution in [0.1, 0.15) is 18.4 Å². The predicted octanol–water partition coefficient (Wildman–Crippen LogP) is 2.91. The number of hydrogen-bond acceptors (Lipinski definition) is 7. The van der Waals surface area contributed by atoms with Crippen molar-refractivity contribution in [3.8, 4) is 5.75 Å². The summed E-state index contributed by atoms with van der Waals surface area (Å²) in [7, 11) is -4.25. The van der Waals surface area contributed by atoms with Gasteiger partial charge >= 0.3 is 16.2 Å². The van der Waals surface area contributed by atoms with Crippen LogP contribution in [0.2, 0.25) is 0 Å². The van der Waals surface area contributed by atoms with E-state index < -0.39 is 21.1 Å². The van der Waals surface area contributed by atoms with Gasteiger partial charge in [0.2, 0.25) is 0 Å². The number of hydrogen-bond donors (Lipinski definition) is 2. The van der Waals surface area contributed by atoms with Gasteiger partial charge in [-0.15, -0.1) is 0 Å². The van der Waals surface area contributed by atoms with E-state index in [2.05, 4.69) is 12.2 Å². The first-order chi connectivity index (χ1) is 14.1. The van der Waals surface area contributed by atoms with Crippen LogP contribution in [0.15, 0.2) is 53.4 Å². The standard InChI is InChI=1S/C18H19N3O7S2/c19-17(29)20(18(22)23)11-5-4-6-13-9-10-15(12-16(13)21(24)25)30(26,27)28-14-7-2-1-3-8-14/h1-3,7-10,12H,4-6,11H2,(H2,19,29)(H,22,23). The third-order valence-electron chi connectivity index (χ3n) is 4.07. The molecule has 12 heteroatoms. The minimum absolute atomic E-state index is 0.0514. The summed E-state index contributed by atoms with van der Waals surface area (Å²) in [6.45, 7) is 0.0514. The molecular weight excluding hydrogens is 434 g/mol. The zero-order chi connectivity index (χ0) is 22.3. The van der Waals surface area contributed by atoms with Crippen LogP contribution in [-0.4, -0.2) is 41.1 Å². The lowest BCUT2D eigenvalue weighted by Crippen LogP contribution is -2.40. The van der Waals surface area contributed by atoms with E-state index in [1.807, 2.05) is 0 Å². The van der Waals surface area contributed by atoms with Crippen molar-refractivity contribution in [3.63, 3.8) is 0 Å². The van der Waals surface area contributed by atoms with Crippen molar-refractivity contribution >= 4 is 39.2 Å². The number of unbranched alkanes of at least 4 members (excludes halogenated alkanes) is 1. The second-order valence-electron chi connectivity index (χ2n) is 6.13. The molecule has 2 aromatic rings. The fourth-order valence-corrected chi connectivity index (χ4v) is 3.74. The first-order valence-corrected chi connectivity index (χ1v) is 10.5. The maximum Gasteiger partial charge on any atom is 0.413 e. The van der Waals surface area contributed by atoms with Crippen LogP contribution in [0.4, 0.5) is 10.5 Å². The quantitative estimate of drug-likeness (QED) is 0.192. The minimum Gasteiger partial charge on any atom is -0.465 e. The van der Waals surface area contributed by atoms with Gasteiger partial charge in [0.15, 0.2) is 5.11 Å². The van der Waals surface area contributed by atoms with Gasteiger partial charge in [-0.25, -0.2) is 4.79 Å². The van der Waals surface area contributed by atoms with Crippen molar-refractivity contribution in [3.05, 3.63) is 64.2 Å². The van der Waals surface area contributed by atoms with Crippen LogP contribution in [0.5, 0.6) is 5.75 Å². The highest BCUT2D eigenvalue weighted by Gasteiger charge is 2.23. The van der Waals surface area contributed by atoms with Gasteiger partial charge in [0.05, 0.1) is 4.92 Å². The Morgan fingerprint density at radius 1 is 1.20 bits per heavy atom. The maximum atomic E-state index is 12.4. The van der Waals surface area contributed by atoms with Crippen LogP contribution in [-0.2, 0) is 16.5 Å². The van der Waals surface area contributed by atoms with E-state index in [4.69, 9.17) is 15.0 Å². The number of carboxylic acid groups (broad SMARTS) is 1. The van der Waals surface area contributed by atoms with Gasteiger partial charge in [-0.05, 0) is 49.7 Å². The van der Waals surface area contributed by atoms with Crippen LogP contribution in [0.25, 0.3) is 0 Å². The summed E-state index contributed by atoms with van der Waals surface area (Å²) in [6, 6.07) is 11.3. The summed E-state index contributed by atoms with van der Waals surface area (Å²) in [4.78, 5) is 22.2. The van der Waals surface area contributed by atoms with Crippen LogP contribution in [0, 0.1) is 10.1 Å². The highest BCUT2D eigenvalue weighted by molar-refractivity contribution is 7.87. The highest BCUT2D eigenvalue weighted by Crippen LogP contribution is 2.26. The Bertz CT molecular complexity index is 1030. The van der Waals surface area contributed by atoms with E-state index in [9.17, 15) is 23.3 Å². The molecule has 2 aromatic carbocycles. The van der Waals surface area contributed by atoms with Gasteiger partial charge in [0.25, 0.3) is 5.69 Å². The van der Waals surface area contributed by atoms with Crippen molar-refractivity contribution in [2.75, 3.05) is 6.54 Å². The zero-order valence-corrected chi connectivity index (χ0v) is 17.3. The molecule has 0 bridgehead atoms. The van der Waals surface area contributed by atoms with E-state index in [1.165, 1.54) is 24.3 Å². The monoisotopic (exact) mass is 453 g/mol. The molecule has 0 radical (unpaired) electrons. The van der Waals surface area contributed by atoms with Gasteiger partial charge in [0.1, 0.15) is 10.6 Å². The van der Waals surface area contributed by atoms with Gasteiger partial charge < -0.3 is 15.0 Å². The number of nitrogens with zero attached hydrogens (tertiary/aromatic N) is 2. The van der Waals surface area contributed by atoms with Crippen molar-refractivity contribution in [2.45, 2.75) is 24.2 Å². The van der Waals surface area contributed by atoms with Crippen molar-refractivity contribution in [1.82, 2.24) is 4.90 Å². The zero-order valence-electron chi connectivity index (χ0n) is 15.6. The lowest BCUT2D eigenvalue weighted by Gasteiger charge is -2.16. The van der Waals surface area contributed by atoms with Crippen LogP contribution < -0.4 is 9.92 Å². The number of nitro benzene ring substituents is 1. The molecule has 160 valence electrons. The van der Waals surface area contributed by atoms with Crippen molar-refractivity contribution in [2.24, 2.45) is 5.73 Å². The van der Waals surface area contributed by atoms with E-state index in [-0.39, 0.29) is 34.4 Å². The van der Waals surface area contributed by atoms with Crippen molar-refractivity contribution < 1.29 is 27.4 Å². The second-order valence-corrected chi connectivity index (χ2v) is 8.09. The average molecular weight is 453 g/mol. The molecule has 0 aliphatic rings. The lowest BCUT2D eigenvalue weighted by molar-refractivity contribution is -0.385. The molecule has 10 nitrogen and oxygen atoms in total. The molecule has 0 aromatic heterocycles. The molecule has 1 amide bonds. The molecule has 0 aliphatic carbocycles. The summed E-state index contributed by atoms with van der Waals surface area (Å²) in [5.41, 5.74) is 5.28. The number of nitro groups is 1. The normalized spacial score (nSPS) is 10.9. The number of nitrogens with two attached hydrogens (primary N) is 1. The molecular formula is C18H19N3O7S2. The summed E-state index contributed by atoms with van der Waals surface area (Å²) < 4.78 is 29.8. The number of rotatable bonds is 9. The number of benzene rings is 2. The summed E-state index contributed by atoms with van der Waals surface area (Å²) >= 11 is 4.65. The Labute approximate surface area is 178 Å². The highest BCUT2D eigenvalue weighted by atomic mass is 32.2. The Morgan fingerprint density at radius 3 is 2.43 bits per heavy atom. The molecule has 30 heavy (non-hydrogen) atoms. The van der Waals surface area contributed by atoms with Gasteiger partial charge in [-0.1, -0.05) is 24.3 Å². The number of carbonyl (C=O) groups is 1. The number of thiocarbonyl (C=S) groups is 1. The summed E-state index contributed by atoms with van der Waals surface area (Å²) in [5, 5.41) is 20.1. The molecule has 0 heterocycles. The largest absolute Gasteiger partial charge is 0.465 e. The molecule has 0 aliphatic heterocycles. The molecule has 3 N–H and O–H groups in total. The van der Waals surface area contributed by atoms with E-state index >= 15 is 0 Å². The number of para-hydroxylation sites is 1. The van der Waals surface area contributed by atoms with Gasteiger partial charge in [0, 0.05) is 18.2 Å². The first-order valence-electron chi connectivity index (χ1n) is 8.68. The molecule has 0 saturated carbocycles. The lowest BCUT2D eigenvalue weighted by atomic mass is 10.1. The SMILES string of the molecule is NC(=S)N(CCCCc1ccc(S(=O)(=O)Oc2ccccc2)cc1[N+](=O)[O-])C(=O)O. The fraction of sp³-hybridized carbons (Fsp3) is 0.222. The van der Waals surface area contributed by atoms with Gasteiger partial charge in [-0.3, -0.25) is 15.0 Å². The Morgan fingerprint density at radius 2 is 1.87 bits per heavy atom. The third-order valence-corrected chi connectivity index (χ3v) is 5.53. The second kappa shape index (κ2) is 9.98. The topological polar surface area (TPSA) is 153 Å². The first kappa shape index (κ1) is 23.0. The summed E-state index contributed by atoms with van der Waals surface area (Å²) in [5.74, 6) is 0.0880. The summed E-state index contributed by atoms with van der Waals surface area (Å²) in [6.07, 6.45) is -0.278. The number of amides is 1. The Balaban J connectivity index is 2.12. The van der Waals surface area contributed by atoms with E-state index in [0.29, 0.717) is 18.4 Å². The smallest absolute Gasteiger partial charge is 0.413 e. The molecule has 0 unspecified atom stereocenters. The minimum atomic E-state index is -4.25. The van der Waals surface area contributed by atoms with Crippen LogP contribution in [0.3, 0.4) is 0 Å². The fourth-order valence-electron chi connectivity index (χ4n) is 2.62. The predicted molar refractivity (Wildman–Crippen MR) is 112 cm³/mol. The van der Waals surface area contributed by atoms with E-state index in [0.717, 1.165) is 11.0 Å². The third kappa shape index (κ3) is 6.12. The average Bonchev–Trinajstić information content (AvgIpc) is 2.67.